The number of aromatic nitrogens is 2. The van der Waals surface area contributed by atoms with Gasteiger partial charge in [0, 0.05) is 13.1 Å². The highest BCUT2D eigenvalue weighted by molar-refractivity contribution is 6.32. The number of hydrogen-bond donors (Lipinski definition) is 3. The number of hydrogen-bond acceptors (Lipinski definition) is 5. The third kappa shape index (κ3) is 3.86. The highest BCUT2D eigenvalue weighted by Gasteiger charge is 2.03. The first-order valence-electron chi connectivity index (χ1n) is 4.50. The van der Waals surface area contributed by atoms with Gasteiger partial charge in [-0.25, -0.2) is 4.98 Å². The fourth-order valence-electron chi connectivity index (χ4n) is 0.933. The maximum Gasteiger partial charge on any atom is 0.271 e. The Morgan fingerprint density at radius 2 is 2.40 bits per heavy atom. The Morgan fingerprint density at radius 1 is 1.60 bits per heavy atom. The number of rotatable bonds is 6. The average Bonchev–Trinajstić information content (AvgIpc) is 2.24. The fourth-order valence-corrected chi connectivity index (χ4v) is 1.10. The number of nitrogens with one attached hydrogen (secondary N) is 2. The van der Waals surface area contributed by atoms with Crippen LogP contribution in [0.5, 0.6) is 0 Å². The molecular weight excluding hydrogens is 220 g/mol. The van der Waals surface area contributed by atoms with Crippen LogP contribution in [0.25, 0.3) is 0 Å². The minimum atomic E-state index is -0.364. The first kappa shape index (κ1) is 12.0. The van der Waals surface area contributed by atoms with Crippen molar-refractivity contribution in [3.05, 3.63) is 21.7 Å². The summed E-state index contributed by atoms with van der Waals surface area (Å²) in [6.07, 6.45) is 1.29. The van der Waals surface area contributed by atoms with E-state index < -0.39 is 0 Å². The summed E-state index contributed by atoms with van der Waals surface area (Å²) in [4.78, 5) is 17.3. The molecule has 0 aromatic carbocycles. The van der Waals surface area contributed by atoms with E-state index in [9.17, 15) is 4.79 Å². The summed E-state index contributed by atoms with van der Waals surface area (Å²) in [7, 11) is 0. The van der Waals surface area contributed by atoms with Gasteiger partial charge in [0.25, 0.3) is 5.56 Å². The van der Waals surface area contributed by atoms with Crippen LogP contribution in [-0.4, -0.2) is 36.3 Å². The molecule has 0 aliphatic heterocycles. The Balaban J connectivity index is 2.38. The van der Waals surface area contributed by atoms with Crippen LogP contribution in [0, 0.1) is 0 Å². The topological polar surface area (TPSA) is 93.0 Å². The lowest BCUT2D eigenvalue weighted by atomic mass is 10.5. The standard InChI is InChI=1S/C8H13ClN4O2/c9-6-7(12-5-13-8(6)14)11-2-4-15-3-1-10/h5H,1-4,10H2,(H2,11,12,13,14). The van der Waals surface area contributed by atoms with Crippen molar-refractivity contribution in [1.82, 2.24) is 9.97 Å². The molecule has 0 saturated heterocycles. The quantitative estimate of drug-likeness (QED) is 0.592. The van der Waals surface area contributed by atoms with Gasteiger partial charge in [0.2, 0.25) is 0 Å². The van der Waals surface area contributed by atoms with Crippen LogP contribution in [-0.2, 0) is 4.74 Å². The van der Waals surface area contributed by atoms with E-state index in [-0.39, 0.29) is 10.6 Å². The number of halogens is 1. The van der Waals surface area contributed by atoms with Gasteiger partial charge in [-0.3, -0.25) is 4.79 Å². The summed E-state index contributed by atoms with van der Waals surface area (Å²) >= 11 is 5.70. The van der Waals surface area contributed by atoms with E-state index in [0.717, 1.165) is 0 Å². The lowest BCUT2D eigenvalue weighted by Crippen LogP contribution is -2.17. The summed E-state index contributed by atoms with van der Waals surface area (Å²) in [6, 6.07) is 0. The summed E-state index contributed by atoms with van der Waals surface area (Å²) in [5.41, 5.74) is 4.88. The van der Waals surface area contributed by atoms with Crippen LogP contribution in [0.2, 0.25) is 5.02 Å². The van der Waals surface area contributed by atoms with Gasteiger partial charge < -0.3 is 20.8 Å². The van der Waals surface area contributed by atoms with Gasteiger partial charge in [-0.15, -0.1) is 0 Å². The Bertz CT molecular complexity index is 355. The summed E-state index contributed by atoms with van der Waals surface area (Å²) < 4.78 is 5.13. The SMILES string of the molecule is NCCOCCNc1nc[nH]c(=O)c1Cl. The first-order chi connectivity index (χ1) is 7.25. The van der Waals surface area contributed by atoms with E-state index in [4.69, 9.17) is 22.1 Å². The molecule has 0 spiro atoms. The number of aromatic amines is 1. The minimum absolute atomic E-state index is 0.0522. The Labute approximate surface area is 91.8 Å². The molecule has 0 bridgehead atoms. The Hall–Kier alpha value is -1.11. The van der Waals surface area contributed by atoms with Crippen LogP contribution in [0.15, 0.2) is 11.1 Å². The molecule has 1 aromatic rings. The van der Waals surface area contributed by atoms with Crippen LogP contribution < -0.4 is 16.6 Å². The van der Waals surface area contributed by atoms with Crippen LogP contribution in [0.3, 0.4) is 0 Å². The summed E-state index contributed by atoms with van der Waals surface area (Å²) in [6.45, 7) is 2.01. The molecular formula is C8H13ClN4O2. The maximum atomic E-state index is 11.1. The van der Waals surface area contributed by atoms with E-state index in [1.807, 2.05) is 0 Å². The van der Waals surface area contributed by atoms with Crippen LogP contribution in [0.4, 0.5) is 5.82 Å². The zero-order valence-electron chi connectivity index (χ0n) is 8.12. The third-order valence-corrected chi connectivity index (χ3v) is 1.95. The third-order valence-electron chi connectivity index (χ3n) is 1.60. The van der Waals surface area contributed by atoms with E-state index in [1.54, 1.807) is 0 Å². The smallest absolute Gasteiger partial charge is 0.271 e. The molecule has 0 atom stereocenters. The van der Waals surface area contributed by atoms with Crippen LogP contribution >= 0.6 is 11.6 Å². The van der Waals surface area contributed by atoms with Crippen molar-refractivity contribution in [3.8, 4) is 0 Å². The van der Waals surface area contributed by atoms with Crippen molar-refractivity contribution >= 4 is 17.4 Å². The van der Waals surface area contributed by atoms with Gasteiger partial charge in [0.1, 0.15) is 5.02 Å². The largest absolute Gasteiger partial charge is 0.378 e. The molecule has 0 fully saturated rings. The first-order valence-corrected chi connectivity index (χ1v) is 4.88. The maximum absolute atomic E-state index is 11.1. The predicted octanol–water partition coefficient (Wildman–Crippen LogP) is -0.189. The van der Waals surface area contributed by atoms with Gasteiger partial charge in [-0.05, 0) is 0 Å². The number of anilines is 1. The van der Waals surface area contributed by atoms with E-state index in [1.165, 1.54) is 6.33 Å². The molecule has 4 N–H and O–H groups in total. The molecule has 1 rings (SSSR count). The second-order valence-electron chi connectivity index (χ2n) is 2.72. The predicted molar refractivity (Wildman–Crippen MR) is 58.2 cm³/mol. The van der Waals surface area contributed by atoms with E-state index in [0.29, 0.717) is 32.1 Å². The summed E-state index contributed by atoms with van der Waals surface area (Å²) in [5, 5.41) is 2.94. The number of H-pyrrole nitrogens is 1. The lowest BCUT2D eigenvalue weighted by Gasteiger charge is -2.06. The molecule has 0 aliphatic carbocycles. The number of nitrogens with two attached hydrogens (primary N) is 1. The van der Waals surface area contributed by atoms with Crippen molar-refractivity contribution in [1.29, 1.82) is 0 Å². The Kier molecular flexibility index (Phi) is 5.09. The number of ether oxygens (including phenoxy) is 1. The molecule has 1 aromatic heterocycles. The van der Waals surface area contributed by atoms with Crippen molar-refractivity contribution in [2.45, 2.75) is 0 Å². The molecule has 0 unspecified atom stereocenters. The van der Waals surface area contributed by atoms with E-state index >= 15 is 0 Å². The van der Waals surface area contributed by atoms with Gasteiger partial charge in [-0.1, -0.05) is 11.6 Å². The molecule has 6 nitrogen and oxygen atoms in total. The summed E-state index contributed by atoms with van der Waals surface area (Å²) in [5.74, 6) is 0.358. The Morgan fingerprint density at radius 3 is 3.13 bits per heavy atom. The lowest BCUT2D eigenvalue weighted by molar-refractivity contribution is 0.151. The molecule has 15 heavy (non-hydrogen) atoms. The zero-order chi connectivity index (χ0) is 11.1. The van der Waals surface area contributed by atoms with E-state index in [2.05, 4.69) is 15.3 Å². The molecule has 0 aliphatic rings. The van der Waals surface area contributed by atoms with Gasteiger partial charge in [0.15, 0.2) is 5.82 Å². The second kappa shape index (κ2) is 6.39. The van der Waals surface area contributed by atoms with Gasteiger partial charge in [0.05, 0.1) is 19.5 Å². The second-order valence-corrected chi connectivity index (χ2v) is 3.10. The molecule has 1 heterocycles. The van der Waals surface area contributed by atoms with Crippen molar-refractivity contribution < 1.29 is 4.74 Å². The fraction of sp³-hybridized carbons (Fsp3) is 0.500. The molecule has 7 heteroatoms. The van der Waals surface area contributed by atoms with Gasteiger partial charge >= 0.3 is 0 Å². The zero-order valence-corrected chi connectivity index (χ0v) is 8.88. The molecule has 0 saturated carbocycles. The number of nitrogens with zero attached hydrogens (tertiary/aromatic N) is 1. The van der Waals surface area contributed by atoms with Crippen molar-refractivity contribution in [3.63, 3.8) is 0 Å². The van der Waals surface area contributed by atoms with Crippen molar-refractivity contribution in [2.75, 3.05) is 31.6 Å². The highest BCUT2D eigenvalue weighted by Crippen LogP contribution is 2.10. The van der Waals surface area contributed by atoms with Crippen LogP contribution in [0.1, 0.15) is 0 Å². The normalized spacial score (nSPS) is 10.3. The minimum Gasteiger partial charge on any atom is -0.378 e. The van der Waals surface area contributed by atoms with Gasteiger partial charge in [-0.2, -0.15) is 0 Å². The highest BCUT2D eigenvalue weighted by atomic mass is 35.5. The average molecular weight is 233 g/mol. The van der Waals surface area contributed by atoms with Crippen molar-refractivity contribution in [2.24, 2.45) is 5.73 Å². The molecule has 0 radical (unpaired) electrons. The molecule has 84 valence electrons. The monoisotopic (exact) mass is 232 g/mol. The molecule has 0 amide bonds.